The molecule has 0 unspecified atom stereocenters. The molecule has 8 heteroatoms. The Hall–Kier alpha value is -3.65. The van der Waals surface area contributed by atoms with Gasteiger partial charge >= 0.3 is 0 Å². The molecule has 2 N–H and O–H groups in total. The van der Waals surface area contributed by atoms with Crippen molar-refractivity contribution in [3.63, 3.8) is 0 Å². The number of oxazole rings is 1. The van der Waals surface area contributed by atoms with Crippen molar-refractivity contribution < 1.29 is 18.7 Å². The van der Waals surface area contributed by atoms with Gasteiger partial charge in [-0.15, -0.1) is 0 Å². The van der Waals surface area contributed by atoms with Crippen LogP contribution in [0.5, 0.6) is 5.75 Å². The zero-order valence-electron chi connectivity index (χ0n) is 16.5. The SMILES string of the molecule is Cc1nc2cc(NC(=O)c3ccccc3OCC(=O)Nc3ccc(Br)cc3)ccc2o1. The van der Waals surface area contributed by atoms with Crippen molar-refractivity contribution in [2.45, 2.75) is 6.92 Å². The minimum absolute atomic E-state index is 0.232. The van der Waals surface area contributed by atoms with Crippen molar-refractivity contribution in [1.29, 1.82) is 0 Å². The number of carbonyl (C=O) groups excluding carboxylic acids is 2. The van der Waals surface area contributed by atoms with Crippen LogP contribution < -0.4 is 15.4 Å². The summed E-state index contributed by atoms with van der Waals surface area (Å²) >= 11 is 3.35. The number of fused-ring (bicyclic) bond motifs is 1. The number of halogens is 1. The van der Waals surface area contributed by atoms with E-state index in [9.17, 15) is 9.59 Å². The predicted octanol–water partition coefficient (Wildman–Crippen LogP) is 5.17. The summed E-state index contributed by atoms with van der Waals surface area (Å²) in [5.41, 5.74) is 2.85. The molecule has 3 aromatic carbocycles. The molecule has 0 radical (unpaired) electrons. The number of hydrogen-bond donors (Lipinski definition) is 2. The number of hydrogen-bond acceptors (Lipinski definition) is 5. The van der Waals surface area contributed by atoms with Gasteiger partial charge in [0.25, 0.3) is 11.8 Å². The molecule has 0 bridgehead atoms. The van der Waals surface area contributed by atoms with Gasteiger partial charge in [0.15, 0.2) is 18.1 Å². The van der Waals surface area contributed by atoms with Crippen LogP contribution in [0.4, 0.5) is 11.4 Å². The number of nitrogens with one attached hydrogen (secondary N) is 2. The monoisotopic (exact) mass is 479 g/mol. The van der Waals surface area contributed by atoms with Crippen LogP contribution in [-0.2, 0) is 4.79 Å². The normalized spacial score (nSPS) is 10.6. The number of para-hydroxylation sites is 1. The Labute approximate surface area is 186 Å². The number of amides is 2. The summed E-state index contributed by atoms with van der Waals surface area (Å²) in [4.78, 5) is 29.3. The van der Waals surface area contributed by atoms with Crippen molar-refractivity contribution in [1.82, 2.24) is 4.98 Å². The molecular weight excluding hydrogens is 462 g/mol. The van der Waals surface area contributed by atoms with E-state index in [2.05, 4.69) is 31.5 Å². The quantitative estimate of drug-likeness (QED) is 0.397. The van der Waals surface area contributed by atoms with E-state index >= 15 is 0 Å². The van der Waals surface area contributed by atoms with Gasteiger partial charge in [-0.3, -0.25) is 9.59 Å². The van der Waals surface area contributed by atoms with E-state index in [1.165, 1.54) is 0 Å². The second-order valence-corrected chi connectivity index (χ2v) is 7.63. The Kier molecular flexibility index (Phi) is 5.99. The fourth-order valence-corrected chi connectivity index (χ4v) is 3.24. The molecule has 0 aliphatic carbocycles. The molecule has 0 fully saturated rings. The van der Waals surface area contributed by atoms with Gasteiger partial charge in [0.2, 0.25) is 0 Å². The Morgan fingerprint density at radius 1 is 1.00 bits per heavy atom. The van der Waals surface area contributed by atoms with Gasteiger partial charge in [-0.05, 0) is 54.6 Å². The number of rotatable bonds is 6. The third-order valence-electron chi connectivity index (χ3n) is 4.37. The lowest BCUT2D eigenvalue weighted by Crippen LogP contribution is -2.21. The number of aromatic nitrogens is 1. The molecule has 0 saturated carbocycles. The molecule has 1 aromatic heterocycles. The van der Waals surface area contributed by atoms with Gasteiger partial charge in [-0.1, -0.05) is 28.1 Å². The fraction of sp³-hybridized carbons (Fsp3) is 0.0870. The lowest BCUT2D eigenvalue weighted by Gasteiger charge is -2.12. The Morgan fingerprint density at radius 3 is 2.55 bits per heavy atom. The highest BCUT2D eigenvalue weighted by Crippen LogP contribution is 2.23. The van der Waals surface area contributed by atoms with E-state index in [0.29, 0.717) is 39.7 Å². The molecule has 0 atom stereocenters. The van der Waals surface area contributed by atoms with E-state index in [1.807, 2.05) is 12.1 Å². The van der Waals surface area contributed by atoms with Crippen molar-refractivity contribution in [3.8, 4) is 5.75 Å². The average molecular weight is 480 g/mol. The van der Waals surface area contributed by atoms with E-state index in [0.717, 1.165) is 4.47 Å². The molecule has 0 aliphatic rings. The maximum Gasteiger partial charge on any atom is 0.262 e. The Balaban J connectivity index is 1.42. The van der Waals surface area contributed by atoms with Gasteiger partial charge in [-0.2, -0.15) is 0 Å². The van der Waals surface area contributed by atoms with Gasteiger partial charge < -0.3 is 19.8 Å². The van der Waals surface area contributed by atoms with Crippen molar-refractivity contribution in [3.05, 3.63) is 82.7 Å². The number of anilines is 2. The molecule has 2 amide bonds. The second-order valence-electron chi connectivity index (χ2n) is 6.71. The van der Waals surface area contributed by atoms with Crippen LogP contribution in [0, 0.1) is 6.92 Å². The molecule has 4 rings (SSSR count). The largest absolute Gasteiger partial charge is 0.483 e. The smallest absolute Gasteiger partial charge is 0.262 e. The van der Waals surface area contributed by atoms with Crippen LogP contribution in [0.3, 0.4) is 0 Å². The molecule has 156 valence electrons. The van der Waals surface area contributed by atoms with Crippen LogP contribution >= 0.6 is 15.9 Å². The summed E-state index contributed by atoms with van der Waals surface area (Å²) in [6.45, 7) is 1.53. The molecule has 1 heterocycles. The first-order chi connectivity index (χ1) is 15.0. The summed E-state index contributed by atoms with van der Waals surface area (Å²) in [7, 11) is 0. The number of benzene rings is 3. The van der Waals surface area contributed by atoms with Gasteiger partial charge in [0.05, 0.1) is 5.56 Å². The summed E-state index contributed by atoms with van der Waals surface area (Å²) in [5, 5.41) is 5.57. The minimum atomic E-state index is -0.358. The van der Waals surface area contributed by atoms with Crippen molar-refractivity contribution >= 4 is 50.2 Å². The lowest BCUT2D eigenvalue weighted by molar-refractivity contribution is -0.118. The van der Waals surface area contributed by atoms with Gasteiger partial charge in [-0.25, -0.2) is 4.98 Å². The average Bonchev–Trinajstić information content (AvgIpc) is 3.13. The van der Waals surface area contributed by atoms with E-state index < -0.39 is 0 Å². The Morgan fingerprint density at radius 2 is 1.74 bits per heavy atom. The third kappa shape index (κ3) is 5.10. The summed E-state index contributed by atoms with van der Waals surface area (Å²) in [6.07, 6.45) is 0. The van der Waals surface area contributed by atoms with Crippen molar-refractivity contribution in [2.24, 2.45) is 0 Å². The summed E-state index contributed by atoms with van der Waals surface area (Å²) in [5.74, 6) is 0.177. The zero-order valence-corrected chi connectivity index (χ0v) is 18.1. The second kappa shape index (κ2) is 9.01. The van der Waals surface area contributed by atoms with E-state index in [1.54, 1.807) is 61.5 Å². The van der Waals surface area contributed by atoms with Gasteiger partial charge in [0, 0.05) is 22.8 Å². The molecule has 4 aromatic rings. The van der Waals surface area contributed by atoms with Crippen LogP contribution in [0.2, 0.25) is 0 Å². The summed E-state index contributed by atoms with van der Waals surface area (Å²) < 4.78 is 12.0. The van der Waals surface area contributed by atoms with E-state index in [-0.39, 0.29) is 18.4 Å². The molecule has 0 aliphatic heterocycles. The molecule has 0 saturated heterocycles. The molecule has 7 nitrogen and oxygen atoms in total. The predicted molar refractivity (Wildman–Crippen MR) is 121 cm³/mol. The highest BCUT2D eigenvalue weighted by molar-refractivity contribution is 9.10. The first kappa shape index (κ1) is 20.6. The van der Waals surface area contributed by atoms with Crippen LogP contribution in [0.25, 0.3) is 11.1 Å². The maximum absolute atomic E-state index is 12.8. The summed E-state index contributed by atoms with van der Waals surface area (Å²) in [6, 6.07) is 19.2. The first-order valence-electron chi connectivity index (χ1n) is 9.44. The van der Waals surface area contributed by atoms with Gasteiger partial charge in [0.1, 0.15) is 11.3 Å². The third-order valence-corrected chi connectivity index (χ3v) is 4.90. The minimum Gasteiger partial charge on any atom is -0.483 e. The highest BCUT2D eigenvalue weighted by atomic mass is 79.9. The van der Waals surface area contributed by atoms with Crippen LogP contribution in [-0.4, -0.2) is 23.4 Å². The van der Waals surface area contributed by atoms with Crippen LogP contribution in [0.15, 0.2) is 75.6 Å². The lowest BCUT2D eigenvalue weighted by atomic mass is 10.2. The van der Waals surface area contributed by atoms with Crippen molar-refractivity contribution in [2.75, 3.05) is 17.2 Å². The highest BCUT2D eigenvalue weighted by Gasteiger charge is 2.14. The number of aryl methyl sites for hydroxylation is 1. The topological polar surface area (TPSA) is 93.5 Å². The standard InChI is InChI=1S/C23H18BrN3O4/c1-14-25-19-12-17(10-11-21(19)31-14)27-23(29)18-4-2-3-5-20(18)30-13-22(28)26-16-8-6-15(24)7-9-16/h2-12H,13H2,1H3,(H,26,28)(H,27,29). The maximum atomic E-state index is 12.8. The van der Waals surface area contributed by atoms with Crippen LogP contribution in [0.1, 0.15) is 16.2 Å². The number of ether oxygens (including phenoxy) is 1. The molecule has 31 heavy (non-hydrogen) atoms. The zero-order chi connectivity index (χ0) is 21.8. The number of carbonyl (C=O) groups is 2. The van der Waals surface area contributed by atoms with E-state index in [4.69, 9.17) is 9.15 Å². The fourth-order valence-electron chi connectivity index (χ4n) is 2.97. The molecule has 0 spiro atoms. The first-order valence-corrected chi connectivity index (χ1v) is 10.2. The Bertz CT molecular complexity index is 1250. The number of nitrogens with zero attached hydrogens (tertiary/aromatic N) is 1. The molecular formula is C23H18BrN3O4.